The molecule has 0 N–H and O–H groups in total. The lowest BCUT2D eigenvalue weighted by molar-refractivity contribution is 0.0740. The van der Waals surface area contributed by atoms with Gasteiger partial charge in [0.1, 0.15) is 11.2 Å². The van der Waals surface area contributed by atoms with Gasteiger partial charge in [-0.2, -0.15) is 0 Å². The molecule has 1 atom stereocenters. The molecule has 1 fully saturated rings. The fraction of sp³-hybridized carbons (Fsp3) is 0.562. The molecule has 24 heavy (non-hydrogen) atoms. The van der Waals surface area contributed by atoms with E-state index in [4.69, 9.17) is 4.74 Å². The zero-order chi connectivity index (χ0) is 16.9. The topological polar surface area (TPSA) is 81.1 Å². The smallest absolute Gasteiger partial charge is 0.267 e. The first-order chi connectivity index (χ1) is 11.6. The van der Waals surface area contributed by atoms with Crippen molar-refractivity contribution in [2.24, 2.45) is 5.92 Å². The third kappa shape index (κ3) is 3.93. The van der Waals surface area contributed by atoms with Crippen LogP contribution in [-0.2, 0) is 11.2 Å². The van der Waals surface area contributed by atoms with E-state index in [1.165, 1.54) is 11.5 Å². The van der Waals surface area contributed by atoms with E-state index in [9.17, 15) is 4.79 Å². The summed E-state index contributed by atoms with van der Waals surface area (Å²) in [6.07, 6.45) is 4.05. The maximum Gasteiger partial charge on any atom is 0.267 e. The SMILES string of the molecule is CC(C)c1nnsc1C(=O)N1CCOC[C@@H](Cc2ccncn2)C1. The third-order valence-electron chi connectivity index (χ3n) is 4.02. The Morgan fingerprint density at radius 1 is 1.50 bits per heavy atom. The fourth-order valence-electron chi connectivity index (χ4n) is 2.79. The van der Waals surface area contributed by atoms with E-state index in [2.05, 4.69) is 19.6 Å². The van der Waals surface area contributed by atoms with Crippen molar-refractivity contribution in [3.8, 4) is 0 Å². The molecule has 1 aliphatic heterocycles. The van der Waals surface area contributed by atoms with E-state index in [-0.39, 0.29) is 17.7 Å². The lowest BCUT2D eigenvalue weighted by Gasteiger charge is -2.23. The van der Waals surface area contributed by atoms with E-state index in [0.29, 0.717) is 31.2 Å². The van der Waals surface area contributed by atoms with Crippen molar-refractivity contribution >= 4 is 17.4 Å². The van der Waals surface area contributed by atoms with Crippen LogP contribution in [0.4, 0.5) is 0 Å². The number of aromatic nitrogens is 4. The minimum Gasteiger partial charge on any atom is -0.379 e. The van der Waals surface area contributed by atoms with Gasteiger partial charge in [-0.1, -0.05) is 18.3 Å². The first kappa shape index (κ1) is 16.9. The number of carbonyl (C=O) groups excluding carboxylic acids is 1. The number of carbonyl (C=O) groups is 1. The van der Waals surface area contributed by atoms with Gasteiger partial charge < -0.3 is 9.64 Å². The highest BCUT2D eigenvalue weighted by atomic mass is 32.1. The highest BCUT2D eigenvalue weighted by Crippen LogP contribution is 2.23. The Morgan fingerprint density at radius 3 is 3.12 bits per heavy atom. The normalized spacial score (nSPS) is 18.6. The van der Waals surface area contributed by atoms with Gasteiger partial charge in [0.15, 0.2) is 0 Å². The molecule has 0 aromatic carbocycles. The molecular weight excluding hydrogens is 326 g/mol. The molecular formula is C16H21N5O2S. The van der Waals surface area contributed by atoms with Crippen LogP contribution in [0, 0.1) is 5.92 Å². The first-order valence-corrected chi connectivity index (χ1v) is 8.86. The summed E-state index contributed by atoms with van der Waals surface area (Å²) in [7, 11) is 0. The summed E-state index contributed by atoms with van der Waals surface area (Å²) in [5.74, 6) is 0.407. The zero-order valence-corrected chi connectivity index (χ0v) is 14.7. The fourth-order valence-corrected chi connectivity index (χ4v) is 3.58. The van der Waals surface area contributed by atoms with Crippen LogP contribution in [0.25, 0.3) is 0 Å². The molecule has 128 valence electrons. The molecule has 0 saturated carbocycles. The van der Waals surface area contributed by atoms with Crippen molar-refractivity contribution in [2.75, 3.05) is 26.3 Å². The summed E-state index contributed by atoms with van der Waals surface area (Å²) in [6, 6.07) is 1.90. The van der Waals surface area contributed by atoms with Gasteiger partial charge in [-0.25, -0.2) is 9.97 Å². The first-order valence-electron chi connectivity index (χ1n) is 8.09. The average Bonchev–Trinajstić information content (AvgIpc) is 2.96. The molecule has 8 heteroatoms. The lowest BCUT2D eigenvalue weighted by Crippen LogP contribution is -2.36. The second-order valence-corrected chi connectivity index (χ2v) is 6.99. The number of nitrogens with zero attached hydrogens (tertiary/aromatic N) is 5. The largest absolute Gasteiger partial charge is 0.379 e. The minimum absolute atomic E-state index is 0.00638. The summed E-state index contributed by atoms with van der Waals surface area (Å²) in [5, 5.41) is 4.11. The summed E-state index contributed by atoms with van der Waals surface area (Å²) >= 11 is 1.18. The van der Waals surface area contributed by atoms with Gasteiger partial charge in [0.05, 0.1) is 18.9 Å². The molecule has 0 unspecified atom stereocenters. The number of hydrogen-bond acceptors (Lipinski definition) is 7. The molecule has 0 aliphatic carbocycles. The van der Waals surface area contributed by atoms with E-state index in [1.807, 2.05) is 24.8 Å². The minimum atomic E-state index is 0.00638. The quantitative estimate of drug-likeness (QED) is 0.839. The molecule has 7 nitrogen and oxygen atoms in total. The van der Waals surface area contributed by atoms with Gasteiger partial charge in [-0.05, 0) is 29.9 Å². The van der Waals surface area contributed by atoms with Gasteiger partial charge in [0.25, 0.3) is 5.91 Å². The van der Waals surface area contributed by atoms with Crippen LogP contribution in [0.5, 0.6) is 0 Å². The standard InChI is InChI=1S/C16H21N5O2S/c1-11(2)14-15(24-20-19-14)16(22)21-5-6-23-9-12(8-21)7-13-3-4-17-10-18-13/h3-4,10-12H,5-9H2,1-2H3/t12-/m0/s1. The average molecular weight is 347 g/mol. The second kappa shape index (κ2) is 7.76. The van der Waals surface area contributed by atoms with Gasteiger partial charge in [-0.3, -0.25) is 4.79 Å². The molecule has 1 saturated heterocycles. The summed E-state index contributed by atoms with van der Waals surface area (Å²) < 4.78 is 9.66. The number of hydrogen-bond donors (Lipinski definition) is 0. The molecule has 1 aliphatic rings. The number of amides is 1. The predicted octanol–water partition coefficient (Wildman–Crippen LogP) is 1.78. The monoisotopic (exact) mass is 347 g/mol. The second-order valence-electron chi connectivity index (χ2n) is 6.24. The Balaban J connectivity index is 1.72. The van der Waals surface area contributed by atoms with Crippen molar-refractivity contribution in [2.45, 2.75) is 26.2 Å². The summed E-state index contributed by atoms with van der Waals surface area (Å²) in [4.78, 5) is 23.6. The molecule has 0 spiro atoms. The Hall–Kier alpha value is -1.93. The van der Waals surface area contributed by atoms with Crippen LogP contribution in [-0.4, -0.2) is 56.7 Å². The van der Waals surface area contributed by atoms with Gasteiger partial charge >= 0.3 is 0 Å². The number of rotatable bonds is 4. The van der Waals surface area contributed by atoms with E-state index in [0.717, 1.165) is 17.8 Å². The van der Waals surface area contributed by atoms with Crippen molar-refractivity contribution in [1.29, 1.82) is 0 Å². The maximum atomic E-state index is 12.9. The van der Waals surface area contributed by atoms with Crippen molar-refractivity contribution in [1.82, 2.24) is 24.5 Å². The van der Waals surface area contributed by atoms with Gasteiger partial charge in [0.2, 0.25) is 0 Å². The van der Waals surface area contributed by atoms with Gasteiger partial charge in [0, 0.05) is 30.9 Å². The van der Waals surface area contributed by atoms with E-state index < -0.39 is 0 Å². The molecule has 1 amide bonds. The Morgan fingerprint density at radius 2 is 2.38 bits per heavy atom. The number of ether oxygens (including phenoxy) is 1. The van der Waals surface area contributed by atoms with Gasteiger partial charge in [-0.15, -0.1) is 5.10 Å². The summed E-state index contributed by atoms with van der Waals surface area (Å²) in [6.45, 7) is 6.47. The van der Waals surface area contributed by atoms with Crippen molar-refractivity contribution in [3.05, 3.63) is 34.9 Å². The van der Waals surface area contributed by atoms with E-state index >= 15 is 0 Å². The molecule has 0 radical (unpaired) electrons. The van der Waals surface area contributed by atoms with Crippen LogP contribution in [0.15, 0.2) is 18.6 Å². The molecule has 3 heterocycles. The van der Waals surface area contributed by atoms with Crippen molar-refractivity contribution < 1.29 is 9.53 Å². The molecule has 0 bridgehead atoms. The highest BCUT2D eigenvalue weighted by Gasteiger charge is 2.28. The Labute approximate surface area is 145 Å². The third-order valence-corrected chi connectivity index (χ3v) is 4.75. The van der Waals surface area contributed by atoms with Crippen molar-refractivity contribution in [3.63, 3.8) is 0 Å². The van der Waals surface area contributed by atoms with Crippen LogP contribution in [0.2, 0.25) is 0 Å². The summed E-state index contributed by atoms with van der Waals surface area (Å²) in [5.41, 5.74) is 1.75. The Bertz CT molecular complexity index is 676. The van der Waals surface area contributed by atoms with Crippen LogP contribution >= 0.6 is 11.5 Å². The highest BCUT2D eigenvalue weighted by molar-refractivity contribution is 7.08. The molecule has 3 rings (SSSR count). The van der Waals surface area contributed by atoms with Crippen LogP contribution < -0.4 is 0 Å². The van der Waals surface area contributed by atoms with E-state index in [1.54, 1.807) is 12.5 Å². The molecule has 2 aromatic heterocycles. The predicted molar refractivity (Wildman–Crippen MR) is 89.9 cm³/mol. The maximum absolute atomic E-state index is 12.9. The zero-order valence-electron chi connectivity index (χ0n) is 13.9. The lowest BCUT2D eigenvalue weighted by atomic mass is 10.0. The van der Waals surface area contributed by atoms with Crippen LogP contribution in [0.1, 0.15) is 40.8 Å². The van der Waals surface area contributed by atoms with Crippen LogP contribution in [0.3, 0.4) is 0 Å². The Kier molecular flexibility index (Phi) is 5.47. The molecule has 2 aromatic rings.